The number of rotatable bonds is 4. The topological polar surface area (TPSA) is 42.4 Å². The highest BCUT2D eigenvalue weighted by Gasteiger charge is 2.25. The van der Waals surface area contributed by atoms with Crippen molar-refractivity contribution in [3.63, 3.8) is 0 Å². The molecular weight excluding hydrogens is 500 g/mol. The second-order valence-electron chi connectivity index (χ2n) is 8.74. The van der Waals surface area contributed by atoms with Gasteiger partial charge in [0.1, 0.15) is 5.60 Å². The summed E-state index contributed by atoms with van der Waals surface area (Å²) in [6.07, 6.45) is -0.425. The van der Waals surface area contributed by atoms with Gasteiger partial charge in [-0.05, 0) is 74.9 Å². The molecule has 0 saturated heterocycles. The molecule has 33 heavy (non-hydrogen) atoms. The van der Waals surface area contributed by atoms with Crippen molar-refractivity contribution in [3.05, 3.63) is 93.9 Å². The molecule has 4 aromatic rings. The van der Waals surface area contributed by atoms with Crippen LogP contribution in [0.4, 0.5) is 10.5 Å². The van der Waals surface area contributed by atoms with E-state index in [0.29, 0.717) is 17.3 Å². The molecule has 4 rings (SSSR count). The van der Waals surface area contributed by atoms with Gasteiger partial charge in [-0.15, -0.1) is 0 Å². The van der Waals surface area contributed by atoms with Gasteiger partial charge in [0.2, 0.25) is 0 Å². The fraction of sp³-hybridized carbons (Fsp3) is 0.185. The first-order valence-electron chi connectivity index (χ1n) is 10.6. The number of pyridine rings is 1. The van der Waals surface area contributed by atoms with Crippen LogP contribution in [0, 0.1) is 0 Å². The highest BCUT2D eigenvalue weighted by Crippen LogP contribution is 2.30. The number of hydrogen-bond acceptors (Lipinski definition) is 3. The van der Waals surface area contributed by atoms with Gasteiger partial charge in [-0.1, -0.05) is 57.9 Å². The van der Waals surface area contributed by atoms with Crippen LogP contribution < -0.4 is 4.90 Å². The second kappa shape index (κ2) is 9.54. The molecule has 1 aromatic heterocycles. The number of hydrogen-bond donors (Lipinski definition) is 0. The van der Waals surface area contributed by atoms with E-state index in [9.17, 15) is 4.79 Å². The fourth-order valence-corrected chi connectivity index (χ4v) is 4.01. The Labute approximate surface area is 207 Å². The molecule has 1 heterocycles. The lowest BCUT2D eigenvalue weighted by molar-refractivity contribution is 0.0577. The van der Waals surface area contributed by atoms with E-state index in [-0.39, 0.29) is 0 Å². The molecule has 0 fully saturated rings. The Morgan fingerprint density at radius 3 is 2.36 bits per heavy atom. The van der Waals surface area contributed by atoms with Crippen LogP contribution in [0.1, 0.15) is 26.3 Å². The van der Waals surface area contributed by atoms with Gasteiger partial charge in [-0.2, -0.15) is 0 Å². The van der Waals surface area contributed by atoms with Crippen LogP contribution >= 0.6 is 27.5 Å². The fourth-order valence-electron chi connectivity index (χ4n) is 3.53. The van der Waals surface area contributed by atoms with Gasteiger partial charge in [0.25, 0.3) is 0 Å². The Hall–Kier alpha value is -2.89. The van der Waals surface area contributed by atoms with Crippen LogP contribution in [0.15, 0.2) is 83.3 Å². The first-order chi connectivity index (χ1) is 15.7. The standard InChI is InChI=1S/C27H24BrClN2O2/c1-27(2,3)33-26(32)31(22-12-10-21(29)11-13-22)17-19-15-25(18-7-5-4-6-8-18)30-24-14-9-20(28)16-23(19)24/h4-16H,17H2,1-3H3. The van der Waals surface area contributed by atoms with Gasteiger partial charge >= 0.3 is 6.09 Å². The van der Waals surface area contributed by atoms with Crippen molar-refractivity contribution in [2.24, 2.45) is 0 Å². The van der Waals surface area contributed by atoms with E-state index >= 15 is 0 Å². The van der Waals surface area contributed by atoms with Crippen molar-refractivity contribution in [2.75, 3.05) is 4.90 Å². The van der Waals surface area contributed by atoms with E-state index in [1.54, 1.807) is 17.0 Å². The van der Waals surface area contributed by atoms with E-state index in [4.69, 9.17) is 21.3 Å². The molecule has 6 heteroatoms. The number of anilines is 1. The van der Waals surface area contributed by atoms with E-state index < -0.39 is 11.7 Å². The molecule has 0 radical (unpaired) electrons. The maximum absolute atomic E-state index is 13.3. The van der Waals surface area contributed by atoms with Crippen molar-refractivity contribution in [3.8, 4) is 11.3 Å². The number of aromatic nitrogens is 1. The normalized spacial score (nSPS) is 11.4. The summed E-state index contributed by atoms with van der Waals surface area (Å²) >= 11 is 9.67. The zero-order valence-electron chi connectivity index (χ0n) is 18.7. The number of halogens is 2. The summed E-state index contributed by atoms with van der Waals surface area (Å²) in [4.78, 5) is 19.8. The summed E-state index contributed by atoms with van der Waals surface area (Å²) in [7, 11) is 0. The first-order valence-corrected chi connectivity index (χ1v) is 11.8. The van der Waals surface area contributed by atoms with Crippen LogP contribution in [-0.2, 0) is 11.3 Å². The van der Waals surface area contributed by atoms with E-state index in [1.807, 2.05) is 87.5 Å². The SMILES string of the molecule is CC(C)(C)OC(=O)N(Cc1cc(-c2ccccc2)nc2ccc(Br)cc12)c1ccc(Cl)cc1. The van der Waals surface area contributed by atoms with Gasteiger partial charge < -0.3 is 4.74 Å². The predicted molar refractivity (Wildman–Crippen MR) is 139 cm³/mol. The summed E-state index contributed by atoms with van der Waals surface area (Å²) in [6.45, 7) is 5.89. The number of nitrogens with zero attached hydrogens (tertiary/aromatic N) is 2. The van der Waals surface area contributed by atoms with Gasteiger partial charge in [0.05, 0.1) is 17.8 Å². The molecule has 0 aliphatic carbocycles. The number of amides is 1. The van der Waals surface area contributed by atoms with E-state index in [0.717, 1.165) is 32.2 Å². The summed E-state index contributed by atoms with van der Waals surface area (Å²) in [5.41, 5.74) is 3.76. The third-order valence-corrected chi connectivity index (χ3v) is 5.75. The molecule has 0 aliphatic rings. The lowest BCUT2D eigenvalue weighted by atomic mass is 10.0. The predicted octanol–water partition coefficient (Wildman–Crippen LogP) is 8.26. The first kappa shape index (κ1) is 23.3. The lowest BCUT2D eigenvalue weighted by Gasteiger charge is -2.28. The quantitative estimate of drug-likeness (QED) is 0.270. The van der Waals surface area contributed by atoms with Crippen molar-refractivity contribution < 1.29 is 9.53 Å². The molecule has 4 nitrogen and oxygen atoms in total. The van der Waals surface area contributed by atoms with Crippen LogP contribution in [-0.4, -0.2) is 16.7 Å². The minimum absolute atomic E-state index is 0.311. The third-order valence-electron chi connectivity index (χ3n) is 5.01. The zero-order chi connectivity index (χ0) is 23.6. The largest absolute Gasteiger partial charge is 0.443 e. The van der Waals surface area contributed by atoms with Crippen LogP contribution in [0.25, 0.3) is 22.2 Å². The van der Waals surface area contributed by atoms with E-state index in [1.165, 1.54) is 0 Å². The zero-order valence-corrected chi connectivity index (χ0v) is 21.0. The van der Waals surface area contributed by atoms with Gasteiger partial charge in [-0.3, -0.25) is 4.90 Å². The van der Waals surface area contributed by atoms with Gasteiger partial charge in [0, 0.05) is 26.1 Å². The molecule has 0 atom stereocenters. The van der Waals surface area contributed by atoms with Crippen LogP contribution in [0.3, 0.4) is 0 Å². The highest BCUT2D eigenvalue weighted by molar-refractivity contribution is 9.10. The number of fused-ring (bicyclic) bond motifs is 1. The lowest BCUT2D eigenvalue weighted by Crippen LogP contribution is -2.36. The molecule has 3 aromatic carbocycles. The Balaban J connectivity index is 1.84. The Morgan fingerprint density at radius 2 is 1.70 bits per heavy atom. The maximum atomic E-state index is 13.3. The highest BCUT2D eigenvalue weighted by atomic mass is 79.9. The minimum atomic E-state index is -0.625. The molecular formula is C27H24BrClN2O2. The van der Waals surface area contributed by atoms with Crippen molar-refractivity contribution in [1.29, 1.82) is 0 Å². The molecule has 168 valence electrons. The molecule has 1 amide bonds. The Morgan fingerprint density at radius 1 is 1.00 bits per heavy atom. The smallest absolute Gasteiger partial charge is 0.415 e. The molecule has 0 unspecified atom stereocenters. The number of carbonyl (C=O) groups is 1. The molecule has 0 N–H and O–H groups in total. The minimum Gasteiger partial charge on any atom is -0.443 e. The maximum Gasteiger partial charge on any atom is 0.415 e. The summed E-state index contributed by atoms with van der Waals surface area (Å²) in [5.74, 6) is 0. The number of benzene rings is 3. The van der Waals surface area contributed by atoms with Gasteiger partial charge in [-0.25, -0.2) is 9.78 Å². The molecule has 0 bridgehead atoms. The Bertz CT molecular complexity index is 1290. The van der Waals surface area contributed by atoms with Gasteiger partial charge in [0.15, 0.2) is 0 Å². The number of ether oxygens (including phenoxy) is 1. The van der Waals surface area contributed by atoms with Crippen molar-refractivity contribution in [1.82, 2.24) is 4.98 Å². The molecule has 0 spiro atoms. The molecule has 0 aliphatic heterocycles. The second-order valence-corrected chi connectivity index (χ2v) is 10.1. The van der Waals surface area contributed by atoms with Crippen molar-refractivity contribution >= 4 is 50.2 Å². The third kappa shape index (κ3) is 5.73. The van der Waals surface area contributed by atoms with E-state index in [2.05, 4.69) is 15.9 Å². The average Bonchev–Trinajstić information content (AvgIpc) is 2.77. The van der Waals surface area contributed by atoms with Crippen molar-refractivity contribution in [2.45, 2.75) is 32.9 Å². The summed E-state index contributed by atoms with van der Waals surface area (Å²) in [5, 5.41) is 1.57. The Kier molecular flexibility index (Phi) is 6.73. The molecule has 0 saturated carbocycles. The van der Waals surface area contributed by atoms with Crippen LogP contribution in [0.5, 0.6) is 0 Å². The average molecular weight is 524 g/mol. The van der Waals surface area contributed by atoms with Crippen LogP contribution in [0.2, 0.25) is 5.02 Å². The number of carbonyl (C=O) groups excluding carboxylic acids is 1. The monoisotopic (exact) mass is 522 g/mol. The summed E-state index contributed by atoms with van der Waals surface area (Å²) in [6, 6.07) is 25.2. The summed E-state index contributed by atoms with van der Waals surface area (Å²) < 4.78 is 6.68.